The molecule has 1 heterocycles. The molecule has 0 unspecified atom stereocenters. The zero-order valence-corrected chi connectivity index (χ0v) is 9.94. The Bertz CT molecular complexity index is 946. The van der Waals surface area contributed by atoms with E-state index < -0.39 is 0 Å². The minimum absolute atomic E-state index is 0.145. The maximum absolute atomic E-state index is 12.0. The fourth-order valence-electron chi connectivity index (χ4n) is 2.73. The number of H-pyrrole nitrogens is 1. The molecule has 19 heavy (non-hydrogen) atoms. The molecule has 2 aliphatic rings. The van der Waals surface area contributed by atoms with Crippen LogP contribution in [0.3, 0.4) is 0 Å². The van der Waals surface area contributed by atoms with Gasteiger partial charge >= 0.3 is 0 Å². The van der Waals surface area contributed by atoms with Gasteiger partial charge in [-0.25, -0.2) is 0 Å². The number of aromatic nitrogens is 1. The van der Waals surface area contributed by atoms with Gasteiger partial charge in [0.25, 0.3) is 5.56 Å². The standard InChI is InChI=1S/C16H9NO2/c18-10-5-6-12-13(8-10)16(19)17-14-7-9-3-1-2-4-11(9)15(12)14/h1-8H,(H,17,19). The van der Waals surface area contributed by atoms with Crippen LogP contribution in [0, 0.1) is 0 Å². The minimum Gasteiger partial charge on any atom is -0.321 e. The summed E-state index contributed by atoms with van der Waals surface area (Å²) >= 11 is 0. The molecule has 0 amide bonds. The van der Waals surface area contributed by atoms with Crippen molar-refractivity contribution in [1.82, 2.24) is 4.98 Å². The van der Waals surface area contributed by atoms with E-state index >= 15 is 0 Å². The minimum atomic E-state index is -0.212. The molecule has 1 aromatic carbocycles. The van der Waals surface area contributed by atoms with E-state index in [2.05, 4.69) is 4.98 Å². The average Bonchev–Trinajstić information content (AvgIpc) is 2.77. The second-order valence-electron chi connectivity index (χ2n) is 4.68. The monoisotopic (exact) mass is 247 g/mol. The van der Waals surface area contributed by atoms with E-state index in [9.17, 15) is 9.59 Å². The lowest BCUT2D eigenvalue weighted by atomic mass is 9.97. The second-order valence-corrected chi connectivity index (χ2v) is 4.68. The number of carbonyl (C=O) groups excluding carboxylic acids is 1. The number of fused-ring (bicyclic) bond motifs is 5. The largest absolute Gasteiger partial charge is 0.321 e. The molecule has 0 saturated heterocycles. The molecular weight excluding hydrogens is 238 g/mol. The van der Waals surface area contributed by atoms with Crippen molar-refractivity contribution in [2.24, 2.45) is 0 Å². The molecular formula is C16H9NO2. The Labute approximate surface area is 108 Å². The summed E-state index contributed by atoms with van der Waals surface area (Å²) in [5.74, 6) is -0.145. The zero-order chi connectivity index (χ0) is 13.0. The summed E-state index contributed by atoms with van der Waals surface area (Å²) in [4.78, 5) is 26.3. The van der Waals surface area contributed by atoms with Crippen molar-refractivity contribution in [3.63, 3.8) is 0 Å². The lowest BCUT2D eigenvalue weighted by Gasteiger charge is -2.08. The fourth-order valence-corrected chi connectivity index (χ4v) is 2.73. The first-order valence-electron chi connectivity index (χ1n) is 6.05. The van der Waals surface area contributed by atoms with Gasteiger partial charge in [-0.2, -0.15) is 0 Å². The highest BCUT2D eigenvalue weighted by molar-refractivity contribution is 6.17. The fraction of sp³-hybridized carbons (Fsp3) is 0. The molecule has 2 aliphatic carbocycles. The van der Waals surface area contributed by atoms with Gasteiger partial charge in [0.1, 0.15) is 0 Å². The Morgan fingerprint density at radius 3 is 2.68 bits per heavy atom. The van der Waals surface area contributed by atoms with Gasteiger partial charge in [0.15, 0.2) is 5.78 Å². The van der Waals surface area contributed by atoms with Crippen molar-refractivity contribution >= 4 is 24.0 Å². The molecule has 4 rings (SSSR count). The summed E-state index contributed by atoms with van der Waals surface area (Å²) in [5, 5.41) is 1.27. The summed E-state index contributed by atoms with van der Waals surface area (Å²) in [5.41, 5.74) is 3.81. The molecule has 0 radical (unpaired) electrons. The molecule has 1 aromatic heterocycles. The predicted molar refractivity (Wildman–Crippen MR) is 73.8 cm³/mol. The molecule has 90 valence electrons. The third kappa shape index (κ3) is 1.32. The van der Waals surface area contributed by atoms with Crippen molar-refractivity contribution in [2.45, 2.75) is 0 Å². The quantitative estimate of drug-likeness (QED) is 0.631. The number of nitrogens with one attached hydrogen (secondary N) is 1. The predicted octanol–water partition coefficient (Wildman–Crippen LogP) is 0.560. The Balaban J connectivity index is 2.24. The van der Waals surface area contributed by atoms with Gasteiger partial charge in [0.05, 0.1) is 10.6 Å². The average molecular weight is 247 g/mol. The van der Waals surface area contributed by atoms with Crippen LogP contribution in [0.15, 0.2) is 35.1 Å². The highest BCUT2D eigenvalue weighted by Gasteiger charge is 2.18. The number of rotatable bonds is 0. The van der Waals surface area contributed by atoms with Crippen molar-refractivity contribution in [3.05, 3.63) is 62.4 Å². The van der Waals surface area contributed by atoms with Gasteiger partial charge in [0.2, 0.25) is 0 Å². The number of ketones is 1. The highest BCUT2D eigenvalue weighted by Crippen LogP contribution is 2.27. The Morgan fingerprint density at radius 1 is 0.947 bits per heavy atom. The van der Waals surface area contributed by atoms with Gasteiger partial charge in [-0.15, -0.1) is 0 Å². The van der Waals surface area contributed by atoms with E-state index in [0.29, 0.717) is 5.22 Å². The lowest BCUT2D eigenvalue weighted by molar-refractivity contribution is -0.109. The van der Waals surface area contributed by atoms with Crippen LogP contribution in [0.1, 0.15) is 11.1 Å². The van der Waals surface area contributed by atoms with E-state index in [1.165, 1.54) is 12.2 Å². The molecule has 0 aliphatic heterocycles. The van der Waals surface area contributed by atoms with E-state index in [-0.39, 0.29) is 11.3 Å². The van der Waals surface area contributed by atoms with Crippen molar-refractivity contribution in [2.75, 3.05) is 0 Å². The maximum Gasteiger partial charge on any atom is 0.256 e. The van der Waals surface area contributed by atoms with Crippen LogP contribution in [0.5, 0.6) is 0 Å². The molecule has 0 bridgehead atoms. The molecule has 0 spiro atoms. The Hall–Kier alpha value is -2.68. The zero-order valence-electron chi connectivity index (χ0n) is 9.94. The smallest absolute Gasteiger partial charge is 0.256 e. The Kier molecular flexibility index (Phi) is 1.85. The van der Waals surface area contributed by atoms with Crippen LogP contribution < -0.4 is 16.1 Å². The van der Waals surface area contributed by atoms with Crippen LogP contribution in [0.4, 0.5) is 0 Å². The van der Waals surface area contributed by atoms with Gasteiger partial charge < -0.3 is 4.98 Å². The first-order chi connectivity index (χ1) is 9.24. The van der Waals surface area contributed by atoms with Crippen LogP contribution in [0.2, 0.25) is 0 Å². The molecule has 3 nitrogen and oxygen atoms in total. The van der Waals surface area contributed by atoms with Crippen LogP contribution >= 0.6 is 0 Å². The third-order valence-electron chi connectivity index (χ3n) is 3.55. The molecule has 0 fully saturated rings. The Morgan fingerprint density at radius 2 is 1.79 bits per heavy atom. The number of allylic oxidation sites excluding steroid dienone is 1. The SMILES string of the molecule is O=C1C=Cc2c3c([nH]c(=O)c2=C1)=Cc1ccccc1-3. The molecule has 0 atom stereocenters. The molecule has 0 saturated carbocycles. The maximum atomic E-state index is 12.0. The van der Waals surface area contributed by atoms with Gasteiger partial charge in [-0.3, -0.25) is 9.59 Å². The normalized spacial score (nSPS) is 14.2. The second kappa shape index (κ2) is 3.42. The van der Waals surface area contributed by atoms with Crippen LogP contribution in [-0.4, -0.2) is 10.8 Å². The summed E-state index contributed by atoms with van der Waals surface area (Å²) in [7, 11) is 0. The van der Waals surface area contributed by atoms with Crippen LogP contribution in [0.25, 0.3) is 29.4 Å². The molecule has 3 heteroatoms. The highest BCUT2D eigenvalue weighted by atomic mass is 16.1. The van der Waals surface area contributed by atoms with Crippen molar-refractivity contribution < 1.29 is 4.79 Å². The number of aromatic amines is 1. The number of benzene rings is 1. The van der Waals surface area contributed by atoms with Gasteiger partial charge in [-0.1, -0.05) is 24.3 Å². The third-order valence-corrected chi connectivity index (χ3v) is 3.55. The van der Waals surface area contributed by atoms with Crippen molar-refractivity contribution in [1.29, 1.82) is 0 Å². The van der Waals surface area contributed by atoms with Gasteiger partial charge in [-0.05, 0) is 41.0 Å². The van der Waals surface area contributed by atoms with Crippen molar-refractivity contribution in [3.8, 4) is 11.1 Å². The van der Waals surface area contributed by atoms with Gasteiger partial charge in [0, 0.05) is 5.56 Å². The van der Waals surface area contributed by atoms with E-state index in [0.717, 1.165) is 27.6 Å². The lowest BCUT2D eigenvalue weighted by Crippen LogP contribution is -2.38. The molecule has 2 aromatic rings. The summed E-state index contributed by atoms with van der Waals surface area (Å²) in [6, 6.07) is 7.99. The van der Waals surface area contributed by atoms with Crippen LogP contribution in [-0.2, 0) is 4.79 Å². The van der Waals surface area contributed by atoms with E-state index in [1.54, 1.807) is 6.08 Å². The summed E-state index contributed by atoms with van der Waals surface area (Å²) < 4.78 is 0. The van der Waals surface area contributed by atoms with E-state index in [1.807, 2.05) is 30.3 Å². The number of hydrogen-bond donors (Lipinski definition) is 1. The number of pyridine rings is 1. The molecule has 1 N–H and O–H groups in total. The summed E-state index contributed by atoms with van der Waals surface area (Å²) in [6.45, 7) is 0. The first-order valence-corrected chi connectivity index (χ1v) is 6.05. The summed E-state index contributed by atoms with van der Waals surface area (Å²) in [6.07, 6.45) is 6.61. The first kappa shape index (κ1) is 10.3. The number of hydrogen-bond acceptors (Lipinski definition) is 2. The topological polar surface area (TPSA) is 49.9 Å². The van der Waals surface area contributed by atoms with E-state index in [4.69, 9.17) is 0 Å². The number of carbonyl (C=O) groups is 1.